The Morgan fingerprint density at radius 1 is 1.30 bits per heavy atom. The monoisotopic (exact) mass is 331 g/mol. The van der Waals surface area contributed by atoms with Gasteiger partial charge in [0.15, 0.2) is 5.65 Å². The van der Waals surface area contributed by atoms with E-state index in [1.807, 2.05) is 0 Å². The number of amides is 2. The zero-order valence-electron chi connectivity index (χ0n) is 12.3. The lowest BCUT2D eigenvalue weighted by Crippen LogP contribution is -2.27. The lowest BCUT2D eigenvalue weighted by atomic mass is 10.2. The molecule has 0 bridgehead atoms. The van der Waals surface area contributed by atoms with E-state index in [1.165, 1.54) is 12.5 Å². The molecule has 3 aromatic rings. The number of hydrogen-bond donors (Lipinski definition) is 2. The van der Waals surface area contributed by atoms with Crippen LogP contribution in [0, 0.1) is 0 Å². The second-order valence-electron chi connectivity index (χ2n) is 4.85. The Hall–Kier alpha value is -2.88. The van der Waals surface area contributed by atoms with Crippen molar-refractivity contribution in [2.45, 2.75) is 13.0 Å². The van der Waals surface area contributed by atoms with Crippen LogP contribution in [0.3, 0.4) is 0 Å². The van der Waals surface area contributed by atoms with E-state index >= 15 is 0 Å². The van der Waals surface area contributed by atoms with Crippen molar-refractivity contribution in [3.05, 3.63) is 34.3 Å². The van der Waals surface area contributed by atoms with Crippen LogP contribution >= 0.6 is 11.3 Å². The van der Waals surface area contributed by atoms with Crippen molar-refractivity contribution in [3.63, 3.8) is 0 Å². The van der Waals surface area contributed by atoms with Gasteiger partial charge in [-0.05, 0) is 6.92 Å². The SMILES string of the molecule is CC(NC(=O)c1ncnc2c1cnn2C)c1ncc(C(N)=O)s1. The Balaban J connectivity index is 1.83. The summed E-state index contributed by atoms with van der Waals surface area (Å²) in [7, 11) is 1.74. The molecule has 1 unspecified atom stereocenters. The first-order chi connectivity index (χ1) is 11.0. The molecule has 0 saturated carbocycles. The predicted octanol–water partition coefficient (Wildman–Crippen LogP) is 0.410. The first kappa shape index (κ1) is 15.0. The summed E-state index contributed by atoms with van der Waals surface area (Å²) >= 11 is 1.14. The summed E-state index contributed by atoms with van der Waals surface area (Å²) < 4.78 is 1.57. The summed E-state index contributed by atoms with van der Waals surface area (Å²) in [6, 6.07) is -0.387. The fourth-order valence-corrected chi connectivity index (χ4v) is 2.84. The number of rotatable bonds is 4. The number of carbonyl (C=O) groups is 2. The minimum Gasteiger partial charge on any atom is -0.365 e. The van der Waals surface area contributed by atoms with E-state index < -0.39 is 5.91 Å². The molecule has 2 amide bonds. The smallest absolute Gasteiger partial charge is 0.271 e. The first-order valence-corrected chi connectivity index (χ1v) is 7.48. The van der Waals surface area contributed by atoms with Crippen molar-refractivity contribution < 1.29 is 9.59 Å². The largest absolute Gasteiger partial charge is 0.365 e. The maximum Gasteiger partial charge on any atom is 0.271 e. The third-order valence-electron chi connectivity index (χ3n) is 3.23. The summed E-state index contributed by atoms with van der Waals surface area (Å²) in [4.78, 5) is 36.1. The summed E-state index contributed by atoms with van der Waals surface area (Å²) in [6.07, 6.45) is 4.26. The number of primary amides is 1. The second kappa shape index (κ2) is 5.72. The number of nitrogens with one attached hydrogen (secondary N) is 1. The van der Waals surface area contributed by atoms with Gasteiger partial charge in [-0.25, -0.2) is 15.0 Å². The third-order valence-corrected chi connectivity index (χ3v) is 4.42. The number of aromatic nitrogens is 5. The molecule has 3 rings (SSSR count). The van der Waals surface area contributed by atoms with Crippen molar-refractivity contribution in [2.75, 3.05) is 0 Å². The first-order valence-electron chi connectivity index (χ1n) is 6.66. The van der Waals surface area contributed by atoms with Gasteiger partial charge in [-0.15, -0.1) is 11.3 Å². The van der Waals surface area contributed by atoms with Crippen LogP contribution < -0.4 is 11.1 Å². The molecular weight excluding hydrogens is 318 g/mol. The van der Waals surface area contributed by atoms with Gasteiger partial charge in [-0.2, -0.15) is 5.10 Å². The van der Waals surface area contributed by atoms with Gasteiger partial charge in [0.1, 0.15) is 21.9 Å². The van der Waals surface area contributed by atoms with Crippen molar-refractivity contribution >= 4 is 34.2 Å². The number of thiazole rings is 1. The van der Waals surface area contributed by atoms with Crippen LogP contribution in [0.2, 0.25) is 0 Å². The molecule has 0 spiro atoms. The summed E-state index contributed by atoms with van der Waals surface area (Å²) in [5.41, 5.74) is 6.01. The number of hydrogen-bond acceptors (Lipinski definition) is 7. The third kappa shape index (κ3) is 2.75. The Labute approximate surface area is 134 Å². The van der Waals surface area contributed by atoms with Crippen LogP contribution in [-0.4, -0.2) is 36.5 Å². The molecule has 3 heterocycles. The molecule has 0 saturated heterocycles. The van der Waals surface area contributed by atoms with E-state index in [9.17, 15) is 9.59 Å². The van der Waals surface area contributed by atoms with Gasteiger partial charge in [-0.3, -0.25) is 14.3 Å². The van der Waals surface area contributed by atoms with Gasteiger partial charge in [0.2, 0.25) is 0 Å². The minimum absolute atomic E-state index is 0.238. The lowest BCUT2D eigenvalue weighted by molar-refractivity contribution is 0.0935. The number of aryl methyl sites for hydroxylation is 1. The van der Waals surface area contributed by atoms with Gasteiger partial charge in [0, 0.05) is 7.05 Å². The Morgan fingerprint density at radius 3 is 2.78 bits per heavy atom. The molecule has 1 atom stereocenters. The summed E-state index contributed by atoms with van der Waals surface area (Å²) in [5, 5.41) is 8.02. The molecule has 0 aliphatic rings. The van der Waals surface area contributed by atoms with Crippen LogP contribution in [0.15, 0.2) is 18.7 Å². The fraction of sp³-hybridized carbons (Fsp3) is 0.231. The number of fused-ring (bicyclic) bond motifs is 1. The van der Waals surface area contributed by atoms with E-state index in [0.717, 1.165) is 11.3 Å². The van der Waals surface area contributed by atoms with Crippen LogP contribution in [0.4, 0.5) is 0 Å². The van der Waals surface area contributed by atoms with E-state index in [4.69, 9.17) is 5.73 Å². The van der Waals surface area contributed by atoms with Crippen LogP contribution in [0.25, 0.3) is 11.0 Å². The topological polar surface area (TPSA) is 129 Å². The Kier molecular flexibility index (Phi) is 3.74. The van der Waals surface area contributed by atoms with Gasteiger partial charge in [-0.1, -0.05) is 0 Å². The average Bonchev–Trinajstić information content (AvgIpc) is 3.14. The fourth-order valence-electron chi connectivity index (χ4n) is 2.07. The molecule has 0 aliphatic carbocycles. The standard InChI is InChI=1S/C13H13N7O2S/c1-6(13-15-4-8(23-13)10(14)21)19-12(22)9-7-3-18-20(2)11(7)17-5-16-9/h3-6H,1-2H3,(H2,14,21)(H,19,22). The van der Waals surface area contributed by atoms with Crippen molar-refractivity contribution in [2.24, 2.45) is 12.8 Å². The molecule has 0 radical (unpaired) electrons. The molecular formula is C13H13N7O2S. The molecule has 10 heteroatoms. The molecule has 0 aliphatic heterocycles. The second-order valence-corrected chi connectivity index (χ2v) is 5.91. The zero-order chi connectivity index (χ0) is 16.6. The van der Waals surface area contributed by atoms with Crippen LogP contribution in [0.5, 0.6) is 0 Å². The molecule has 118 valence electrons. The molecule has 0 aromatic carbocycles. The molecule has 3 aromatic heterocycles. The average molecular weight is 331 g/mol. The zero-order valence-corrected chi connectivity index (χ0v) is 13.2. The normalized spacial score (nSPS) is 12.3. The van der Waals surface area contributed by atoms with Crippen molar-refractivity contribution in [1.29, 1.82) is 0 Å². The summed E-state index contributed by atoms with van der Waals surface area (Å²) in [6.45, 7) is 1.77. The van der Waals surface area contributed by atoms with E-state index in [1.54, 1.807) is 24.9 Å². The molecule has 23 heavy (non-hydrogen) atoms. The highest BCUT2D eigenvalue weighted by molar-refractivity contribution is 7.13. The maximum absolute atomic E-state index is 12.4. The molecule has 9 nitrogen and oxygen atoms in total. The predicted molar refractivity (Wildman–Crippen MR) is 82.8 cm³/mol. The highest BCUT2D eigenvalue weighted by atomic mass is 32.1. The maximum atomic E-state index is 12.4. The number of nitrogens with two attached hydrogens (primary N) is 1. The minimum atomic E-state index is -0.542. The molecule has 0 fully saturated rings. The van der Waals surface area contributed by atoms with Crippen molar-refractivity contribution in [3.8, 4) is 0 Å². The van der Waals surface area contributed by atoms with Gasteiger partial charge < -0.3 is 11.1 Å². The molecule has 3 N–H and O–H groups in total. The van der Waals surface area contributed by atoms with E-state index in [-0.39, 0.29) is 17.6 Å². The van der Waals surface area contributed by atoms with Crippen LogP contribution in [0.1, 0.15) is 38.1 Å². The van der Waals surface area contributed by atoms with E-state index in [0.29, 0.717) is 20.9 Å². The van der Waals surface area contributed by atoms with Crippen LogP contribution in [-0.2, 0) is 7.05 Å². The highest BCUT2D eigenvalue weighted by Crippen LogP contribution is 2.20. The Morgan fingerprint density at radius 2 is 2.09 bits per heavy atom. The van der Waals surface area contributed by atoms with Crippen molar-refractivity contribution in [1.82, 2.24) is 30.0 Å². The Bertz CT molecular complexity index is 901. The number of carbonyl (C=O) groups excluding carboxylic acids is 2. The quantitative estimate of drug-likeness (QED) is 0.712. The number of nitrogens with zero attached hydrogens (tertiary/aromatic N) is 5. The van der Waals surface area contributed by atoms with Gasteiger partial charge in [0.25, 0.3) is 11.8 Å². The van der Waals surface area contributed by atoms with Gasteiger partial charge in [0.05, 0.1) is 23.8 Å². The van der Waals surface area contributed by atoms with Gasteiger partial charge >= 0.3 is 0 Å². The summed E-state index contributed by atoms with van der Waals surface area (Å²) in [5.74, 6) is -0.908. The highest BCUT2D eigenvalue weighted by Gasteiger charge is 2.19. The van der Waals surface area contributed by atoms with E-state index in [2.05, 4.69) is 25.4 Å². The lowest BCUT2D eigenvalue weighted by Gasteiger charge is -2.10.